The lowest BCUT2D eigenvalue weighted by molar-refractivity contribution is -0.141. The molecule has 4 aromatic rings. The lowest BCUT2D eigenvalue weighted by Gasteiger charge is -2.20. The number of carbonyl (C=O) groups excluding carboxylic acids is 1. The van der Waals surface area contributed by atoms with Crippen molar-refractivity contribution in [3.63, 3.8) is 0 Å². The molecule has 4 aromatic carbocycles. The molecule has 2 atom stereocenters. The molecule has 0 saturated heterocycles. The van der Waals surface area contributed by atoms with Crippen LogP contribution in [-0.4, -0.2) is 17.4 Å². The summed E-state index contributed by atoms with van der Waals surface area (Å²) in [7, 11) is 1.65. The van der Waals surface area contributed by atoms with Crippen LogP contribution in [0, 0.1) is 11.3 Å². The van der Waals surface area contributed by atoms with Crippen LogP contribution in [0.4, 0.5) is 0 Å². The summed E-state index contributed by atoms with van der Waals surface area (Å²) in [5.41, 5.74) is 0.763. The molecule has 1 saturated carbocycles. The Morgan fingerprint density at radius 1 is 0.848 bits per heavy atom. The minimum Gasteiger partial charge on any atom is -0.496 e. The number of rotatable bonds is 5. The quantitative estimate of drug-likeness (QED) is 0.167. The molecule has 0 radical (unpaired) electrons. The number of ether oxygens (including phenoxy) is 2. The highest BCUT2D eigenvalue weighted by atomic mass is 35.5. The Hall–Kier alpha value is -2.75. The second-order valence-electron chi connectivity index (χ2n) is 8.58. The molecule has 5 rings (SSSR count). The predicted molar refractivity (Wildman–Crippen MR) is 135 cm³/mol. The summed E-state index contributed by atoms with van der Waals surface area (Å²) in [4.78, 5) is 13.5. The van der Waals surface area contributed by atoms with Gasteiger partial charge in [-0.3, -0.25) is 4.79 Å². The van der Waals surface area contributed by atoms with E-state index in [1.54, 1.807) is 7.11 Å². The van der Waals surface area contributed by atoms with E-state index in [1.165, 1.54) is 0 Å². The molecule has 0 spiro atoms. The summed E-state index contributed by atoms with van der Waals surface area (Å²) < 4.78 is 10.8. The lowest BCUT2D eigenvalue weighted by atomic mass is 9.92. The van der Waals surface area contributed by atoms with Crippen molar-refractivity contribution in [2.45, 2.75) is 24.6 Å². The van der Waals surface area contributed by atoms with Gasteiger partial charge < -0.3 is 9.47 Å². The lowest BCUT2D eigenvalue weighted by Crippen LogP contribution is -2.27. The number of esters is 1. The Morgan fingerprint density at radius 2 is 1.33 bits per heavy atom. The van der Waals surface area contributed by atoms with E-state index in [2.05, 4.69) is 12.1 Å². The van der Waals surface area contributed by atoms with Crippen molar-refractivity contribution in [3.8, 4) is 22.6 Å². The summed E-state index contributed by atoms with van der Waals surface area (Å²) in [6.07, 6.45) is 0.500. The van der Waals surface area contributed by atoms with Gasteiger partial charge in [-0.2, -0.15) is 0 Å². The van der Waals surface area contributed by atoms with Crippen molar-refractivity contribution in [3.05, 3.63) is 72.8 Å². The van der Waals surface area contributed by atoms with E-state index in [-0.39, 0.29) is 5.92 Å². The molecular weight excluding hydrogens is 455 g/mol. The Balaban J connectivity index is 1.77. The number of fused-ring (bicyclic) bond motifs is 2. The van der Waals surface area contributed by atoms with Crippen molar-refractivity contribution < 1.29 is 14.3 Å². The van der Waals surface area contributed by atoms with Crippen molar-refractivity contribution in [1.29, 1.82) is 0 Å². The molecule has 168 valence electrons. The summed E-state index contributed by atoms with van der Waals surface area (Å²) >= 11 is 13.0. The first-order chi connectivity index (χ1) is 15.9. The number of hydrogen-bond donors (Lipinski definition) is 0. The number of carbonyl (C=O) groups is 1. The van der Waals surface area contributed by atoms with E-state index >= 15 is 0 Å². The standard InChI is InChI=1S/C28H24Cl2O3/c1-4-27(17(2)28(27,29)30)26(31)33-23-16-14-19-10-6-8-12-21(19)25(23)24-20-11-7-5-9-18(20)13-15-22(24)32-3/h5-17H,4H2,1-3H3/t17-,27+/m0/s1. The topological polar surface area (TPSA) is 35.5 Å². The zero-order chi connectivity index (χ0) is 23.4. The molecule has 0 bridgehead atoms. The highest BCUT2D eigenvalue weighted by molar-refractivity contribution is 6.53. The van der Waals surface area contributed by atoms with Crippen LogP contribution in [0.1, 0.15) is 20.3 Å². The van der Waals surface area contributed by atoms with Crippen molar-refractivity contribution in [2.24, 2.45) is 11.3 Å². The number of methoxy groups -OCH3 is 1. The molecule has 0 N–H and O–H groups in total. The Bertz CT molecular complexity index is 1390. The van der Waals surface area contributed by atoms with Gasteiger partial charge in [0, 0.05) is 17.0 Å². The van der Waals surface area contributed by atoms with Gasteiger partial charge in [0.15, 0.2) is 0 Å². The number of halogens is 2. The molecule has 1 aliphatic carbocycles. The van der Waals surface area contributed by atoms with Gasteiger partial charge in [-0.1, -0.05) is 74.5 Å². The maximum Gasteiger partial charge on any atom is 0.320 e. The van der Waals surface area contributed by atoms with E-state index in [0.717, 1.165) is 32.7 Å². The fraction of sp³-hybridized carbons (Fsp3) is 0.250. The second kappa shape index (κ2) is 7.93. The number of benzene rings is 4. The molecule has 1 fully saturated rings. The van der Waals surface area contributed by atoms with Crippen molar-refractivity contribution >= 4 is 50.7 Å². The number of alkyl halides is 2. The van der Waals surface area contributed by atoms with Crippen LogP contribution in [0.25, 0.3) is 32.7 Å². The minimum absolute atomic E-state index is 0.193. The van der Waals surface area contributed by atoms with Gasteiger partial charge in [-0.25, -0.2) is 0 Å². The van der Waals surface area contributed by atoms with Crippen LogP contribution in [0.5, 0.6) is 11.5 Å². The zero-order valence-electron chi connectivity index (χ0n) is 18.7. The van der Waals surface area contributed by atoms with Crippen LogP contribution in [-0.2, 0) is 4.79 Å². The van der Waals surface area contributed by atoms with Crippen LogP contribution in [0.2, 0.25) is 0 Å². The van der Waals surface area contributed by atoms with Crippen LogP contribution < -0.4 is 9.47 Å². The largest absolute Gasteiger partial charge is 0.496 e. The molecule has 0 aromatic heterocycles. The van der Waals surface area contributed by atoms with Gasteiger partial charge >= 0.3 is 5.97 Å². The third-order valence-electron chi connectivity index (χ3n) is 7.17. The van der Waals surface area contributed by atoms with Gasteiger partial charge in [-0.15, -0.1) is 23.2 Å². The van der Waals surface area contributed by atoms with Gasteiger partial charge in [0.25, 0.3) is 0 Å². The number of hydrogen-bond acceptors (Lipinski definition) is 3. The summed E-state index contributed by atoms with van der Waals surface area (Å²) in [6.45, 7) is 3.80. The highest BCUT2D eigenvalue weighted by Crippen LogP contribution is 2.71. The molecule has 3 nitrogen and oxygen atoms in total. The molecule has 0 heterocycles. The van der Waals surface area contributed by atoms with Crippen LogP contribution in [0.3, 0.4) is 0 Å². The van der Waals surface area contributed by atoms with Gasteiger partial charge in [-0.05, 0) is 40.1 Å². The Morgan fingerprint density at radius 3 is 1.82 bits per heavy atom. The average molecular weight is 479 g/mol. The van der Waals surface area contributed by atoms with E-state index in [1.807, 2.05) is 74.5 Å². The summed E-state index contributed by atoms with van der Waals surface area (Å²) in [5.74, 6) is 0.570. The van der Waals surface area contributed by atoms with E-state index in [9.17, 15) is 4.79 Å². The van der Waals surface area contributed by atoms with Crippen molar-refractivity contribution in [2.75, 3.05) is 7.11 Å². The smallest absolute Gasteiger partial charge is 0.320 e. The van der Waals surface area contributed by atoms with Gasteiger partial charge in [0.2, 0.25) is 0 Å². The fourth-order valence-electron chi connectivity index (χ4n) is 5.10. The maximum absolute atomic E-state index is 13.5. The molecule has 33 heavy (non-hydrogen) atoms. The first kappa shape index (κ1) is 22.1. The van der Waals surface area contributed by atoms with Crippen molar-refractivity contribution in [1.82, 2.24) is 0 Å². The molecular formula is C28H24Cl2O3. The predicted octanol–water partition coefficient (Wildman–Crippen LogP) is 7.79. The minimum atomic E-state index is -1.13. The van der Waals surface area contributed by atoms with E-state index in [4.69, 9.17) is 32.7 Å². The monoisotopic (exact) mass is 478 g/mol. The maximum atomic E-state index is 13.5. The van der Waals surface area contributed by atoms with Gasteiger partial charge in [0.05, 0.1) is 7.11 Å². The molecule has 0 amide bonds. The zero-order valence-corrected chi connectivity index (χ0v) is 20.2. The molecule has 0 unspecified atom stereocenters. The van der Waals surface area contributed by atoms with Gasteiger partial charge in [0.1, 0.15) is 21.2 Å². The summed E-state index contributed by atoms with van der Waals surface area (Å²) in [5, 5.41) is 4.09. The molecule has 5 heteroatoms. The Labute approximate surface area is 203 Å². The third kappa shape index (κ3) is 3.13. The van der Waals surface area contributed by atoms with E-state index < -0.39 is 15.7 Å². The van der Waals surface area contributed by atoms with Crippen LogP contribution in [0.15, 0.2) is 72.8 Å². The SMILES string of the molecule is CC[C@]1(C(=O)Oc2ccc3ccccc3c2-c2c(OC)ccc3ccccc23)[C@H](C)C1(Cl)Cl. The van der Waals surface area contributed by atoms with E-state index in [0.29, 0.717) is 17.9 Å². The second-order valence-corrected chi connectivity index (χ2v) is 9.97. The third-order valence-corrected chi connectivity index (χ3v) is 8.50. The van der Waals surface area contributed by atoms with Crippen LogP contribution >= 0.6 is 23.2 Å². The Kier molecular flexibility index (Phi) is 5.30. The average Bonchev–Trinajstić information content (AvgIpc) is 3.29. The first-order valence-corrected chi connectivity index (χ1v) is 11.8. The molecule has 0 aliphatic heterocycles. The molecule has 1 aliphatic rings. The normalized spacial score (nSPS) is 21.2. The highest BCUT2D eigenvalue weighted by Gasteiger charge is 2.78. The fourth-order valence-corrected chi connectivity index (χ4v) is 6.12. The first-order valence-electron chi connectivity index (χ1n) is 11.0. The summed E-state index contributed by atoms with van der Waals surface area (Å²) in [6, 6.07) is 23.9.